The van der Waals surface area contributed by atoms with Crippen molar-refractivity contribution in [2.45, 2.75) is 25.8 Å². The van der Waals surface area contributed by atoms with Gasteiger partial charge in [0.15, 0.2) is 0 Å². The minimum absolute atomic E-state index is 0.0679. The molecular weight excluding hydrogens is 851 g/mol. The van der Waals surface area contributed by atoms with Gasteiger partial charge in [-0.1, -0.05) is 171 Å². The van der Waals surface area contributed by atoms with Crippen molar-refractivity contribution >= 4 is 87.6 Å². The van der Waals surface area contributed by atoms with Gasteiger partial charge in [0.2, 0.25) is 0 Å². The number of aliphatic imine (C=N–C) groups is 1. The number of benzene rings is 10. The predicted molar refractivity (Wildman–Crippen MR) is 294 cm³/mol. The van der Waals surface area contributed by atoms with Crippen molar-refractivity contribution in [1.29, 1.82) is 0 Å². The molecule has 4 heterocycles. The fourth-order valence-corrected chi connectivity index (χ4v) is 11.9. The van der Waals surface area contributed by atoms with Gasteiger partial charge in [-0.25, -0.2) is 0 Å². The third kappa shape index (κ3) is 6.33. The lowest BCUT2D eigenvalue weighted by molar-refractivity contribution is 0.529. The van der Waals surface area contributed by atoms with Crippen LogP contribution in [0.2, 0.25) is 0 Å². The third-order valence-electron chi connectivity index (χ3n) is 15.0. The summed E-state index contributed by atoms with van der Waals surface area (Å²) in [5, 5.41) is 9.56. The zero-order valence-corrected chi connectivity index (χ0v) is 38.8. The Hall–Kier alpha value is -8.73. The van der Waals surface area contributed by atoms with E-state index < -0.39 is 0 Å². The first kappa shape index (κ1) is 40.3. The molecule has 2 atom stereocenters. The monoisotopic (exact) mass is 897 g/mol. The highest BCUT2D eigenvalue weighted by atomic mass is 16.3. The molecule has 0 amide bonds. The summed E-state index contributed by atoms with van der Waals surface area (Å²) in [6.45, 7) is 2.34. The van der Waals surface area contributed by atoms with Gasteiger partial charge in [0.1, 0.15) is 11.2 Å². The van der Waals surface area contributed by atoms with Crippen molar-refractivity contribution < 1.29 is 4.42 Å². The van der Waals surface area contributed by atoms with Crippen LogP contribution in [0, 0.1) is 5.92 Å². The number of hydrogen-bond acceptors (Lipinski definition) is 2. The largest absolute Gasteiger partial charge is 0.456 e. The lowest BCUT2D eigenvalue weighted by Gasteiger charge is -2.27. The summed E-state index contributed by atoms with van der Waals surface area (Å²) in [6.07, 6.45) is 4.04. The molecule has 0 saturated carbocycles. The molecule has 10 aromatic carbocycles. The topological polar surface area (TPSA) is 35.4 Å². The summed E-state index contributed by atoms with van der Waals surface area (Å²) in [5.41, 5.74) is 17.0. The number of nitrogens with zero attached hydrogens (tertiary/aromatic N) is 3. The molecule has 0 radical (unpaired) electrons. The first-order chi connectivity index (χ1) is 34.7. The Bertz CT molecular complexity index is 4260. The quantitative estimate of drug-likeness (QED) is 0.157. The normalized spacial score (nSPS) is 15.4. The van der Waals surface area contributed by atoms with Crippen molar-refractivity contribution in [1.82, 2.24) is 9.13 Å². The smallest absolute Gasteiger partial charge is 0.138 e. The second-order valence-corrected chi connectivity index (χ2v) is 18.8. The first-order valence-electron chi connectivity index (χ1n) is 24.6. The van der Waals surface area contributed by atoms with Crippen LogP contribution in [0.15, 0.2) is 240 Å². The SMILES string of the molecule is CCC1C(c2cccc(-c3ccccc3)c2)=CCC(c2cc(-n3c4ccccc4c4cc5ccccc5cc43)cc3oc4ccccc4c23)=NC1c1cccc2c1c1ccccc1n2-c1ccccc1. The van der Waals surface area contributed by atoms with Crippen molar-refractivity contribution in [2.75, 3.05) is 0 Å². The Labute approximate surface area is 405 Å². The molecule has 1 aliphatic heterocycles. The van der Waals surface area contributed by atoms with Crippen LogP contribution in [-0.2, 0) is 0 Å². The van der Waals surface area contributed by atoms with Crippen LogP contribution in [0.3, 0.4) is 0 Å². The number of aromatic nitrogens is 2. The fourth-order valence-electron chi connectivity index (χ4n) is 11.9. The van der Waals surface area contributed by atoms with Gasteiger partial charge in [-0.3, -0.25) is 4.99 Å². The van der Waals surface area contributed by atoms with Gasteiger partial charge in [-0.05, 0) is 106 Å². The van der Waals surface area contributed by atoms with Crippen LogP contribution in [0.1, 0.15) is 42.5 Å². The highest BCUT2D eigenvalue weighted by molar-refractivity contribution is 6.21. The van der Waals surface area contributed by atoms with Crippen LogP contribution < -0.4 is 0 Å². The molecule has 332 valence electrons. The average molecular weight is 898 g/mol. The summed E-state index contributed by atoms with van der Waals surface area (Å²) < 4.78 is 11.8. The Morgan fingerprint density at radius 1 is 0.457 bits per heavy atom. The molecule has 0 N–H and O–H groups in total. The van der Waals surface area contributed by atoms with E-state index in [9.17, 15) is 0 Å². The van der Waals surface area contributed by atoms with Crippen molar-refractivity contribution in [3.8, 4) is 22.5 Å². The van der Waals surface area contributed by atoms with E-state index in [1.807, 2.05) is 0 Å². The van der Waals surface area contributed by atoms with E-state index >= 15 is 0 Å². The van der Waals surface area contributed by atoms with Gasteiger partial charge in [0.25, 0.3) is 0 Å². The van der Waals surface area contributed by atoms with Crippen LogP contribution in [0.5, 0.6) is 0 Å². The number of para-hydroxylation sites is 4. The van der Waals surface area contributed by atoms with E-state index in [0.717, 1.165) is 62.0 Å². The molecule has 0 bridgehead atoms. The zero-order chi connectivity index (χ0) is 46.3. The van der Waals surface area contributed by atoms with Gasteiger partial charge in [-0.15, -0.1) is 0 Å². The van der Waals surface area contributed by atoms with Gasteiger partial charge in [0.05, 0.1) is 33.8 Å². The van der Waals surface area contributed by atoms with E-state index in [-0.39, 0.29) is 12.0 Å². The lowest BCUT2D eigenvalue weighted by Crippen LogP contribution is -2.14. The molecule has 2 unspecified atom stereocenters. The summed E-state index contributed by atoms with van der Waals surface area (Å²) in [5.74, 6) is 0.0679. The van der Waals surface area contributed by atoms with Crippen LogP contribution >= 0.6 is 0 Å². The highest BCUT2D eigenvalue weighted by Crippen LogP contribution is 2.48. The van der Waals surface area contributed by atoms with E-state index in [1.165, 1.54) is 71.2 Å². The molecule has 1 aliphatic rings. The molecule has 70 heavy (non-hydrogen) atoms. The molecule has 0 aliphatic carbocycles. The average Bonchev–Trinajstić information content (AvgIpc) is 4.03. The first-order valence-corrected chi connectivity index (χ1v) is 24.6. The van der Waals surface area contributed by atoms with Crippen molar-refractivity contribution in [2.24, 2.45) is 10.9 Å². The molecule has 0 fully saturated rings. The van der Waals surface area contributed by atoms with E-state index in [0.29, 0.717) is 6.42 Å². The molecule has 4 nitrogen and oxygen atoms in total. The summed E-state index contributed by atoms with van der Waals surface area (Å²) in [4.78, 5) is 6.19. The molecule has 14 rings (SSSR count). The fraction of sp³-hybridized carbons (Fsp3) is 0.0758. The molecule has 4 heteroatoms. The molecule has 13 aromatic rings. The molecular formula is C66H47N3O. The standard InChI is InChI=1S/C66H47N3O/c1-2-49-50(46-24-17-23-43(37-46)42-19-5-3-6-20-42)35-36-57(67-66(49)54-30-18-33-60-64(54)52-28-12-15-32-59(52)68(60)47-25-7-4-8-26-47)56-40-48(41-63-65(56)53-29-13-16-34-62(53)70-63)69-58-31-14-11-27-51(58)55-38-44-21-9-10-22-45(44)39-61(55)69/h3-35,37-41,49,66H,2,36H2,1H3. The van der Waals surface area contributed by atoms with Gasteiger partial charge >= 0.3 is 0 Å². The Morgan fingerprint density at radius 3 is 1.90 bits per heavy atom. The predicted octanol–water partition coefficient (Wildman–Crippen LogP) is 17.6. The van der Waals surface area contributed by atoms with Gasteiger partial charge < -0.3 is 13.6 Å². The van der Waals surface area contributed by atoms with E-state index in [2.05, 4.69) is 247 Å². The summed E-state index contributed by atoms with van der Waals surface area (Å²) in [7, 11) is 0. The number of fused-ring (bicyclic) bond motifs is 10. The maximum absolute atomic E-state index is 6.91. The minimum Gasteiger partial charge on any atom is -0.456 e. The van der Waals surface area contributed by atoms with Crippen LogP contribution in [-0.4, -0.2) is 14.8 Å². The second-order valence-electron chi connectivity index (χ2n) is 18.8. The van der Waals surface area contributed by atoms with Crippen LogP contribution in [0.4, 0.5) is 0 Å². The minimum atomic E-state index is -0.218. The number of allylic oxidation sites excluding steroid dienone is 1. The van der Waals surface area contributed by atoms with Crippen molar-refractivity contribution in [3.63, 3.8) is 0 Å². The highest BCUT2D eigenvalue weighted by Gasteiger charge is 2.32. The Morgan fingerprint density at radius 2 is 1.09 bits per heavy atom. The maximum Gasteiger partial charge on any atom is 0.138 e. The Balaban J connectivity index is 1.06. The van der Waals surface area contributed by atoms with E-state index in [1.54, 1.807) is 0 Å². The van der Waals surface area contributed by atoms with Gasteiger partial charge in [-0.2, -0.15) is 0 Å². The summed E-state index contributed by atoms with van der Waals surface area (Å²) in [6, 6.07) is 81.6. The zero-order valence-electron chi connectivity index (χ0n) is 38.8. The lowest BCUT2D eigenvalue weighted by atomic mass is 9.80. The number of furan rings is 1. The van der Waals surface area contributed by atoms with Crippen LogP contribution in [0.25, 0.3) is 104 Å². The molecule has 0 saturated heterocycles. The molecule has 3 aromatic heterocycles. The summed E-state index contributed by atoms with van der Waals surface area (Å²) >= 11 is 0. The third-order valence-corrected chi connectivity index (χ3v) is 15.0. The van der Waals surface area contributed by atoms with E-state index in [4.69, 9.17) is 9.41 Å². The second kappa shape index (κ2) is 16.2. The molecule has 0 spiro atoms. The Kier molecular flexibility index (Phi) is 9.35. The number of hydrogen-bond donors (Lipinski definition) is 0. The number of rotatable bonds is 7. The maximum atomic E-state index is 6.91. The van der Waals surface area contributed by atoms with Crippen molar-refractivity contribution in [3.05, 3.63) is 247 Å². The van der Waals surface area contributed by atoms with Gasteiger partial charge in [0, 0.05) is 67.7 Å².